The molecule has 0 aliphatic carbocycles. The van der Waals surface area contributed by atoms with Crippen molar-refractivity contribution in [2.75, 3.05) is 0 Å². The first-order valence-corrected chi connectivity index (χ1v) is 9.07. The number of ether oxygens (including phenoxy) is 1. The monoisotopic (exact) mass is 338 g/mol. The lowest BCUT2D eigenvalue weighted by atomic mass is 9.59. The van der Waals surface area contributed by atoms with Gasteiger partial charge in [0.2, 0.25) is 0 Å². The maximum Gasteiger partial charge on any atom is 0.113 e. The molecule has 2 heterocycles. The Hall–Kier alpha value is -0.680. The van der Waals surface area contributed by atoms with Crippen LogP contribution >= 0.6 is 0 Å². The first-order chi connectivity index (χ1) is 11.1. The zero-order valence-corrected chi connectivity index (χ0v) is 15.7. The van der Waals surface area contributed by atoms with Gasteiger partial charge in [-0.2, -0.15) is 0 Å². The molecule has 0 aromatic heterocycles. The van der Waals surface area contributed by atoms with Crippen molar-refractivity contribution >= 4 is 0 Å². The number of rotatable bonds is 9. The van der Waals surface area contributed by atoms with E-state index in [2.05, 4.69) is 31.9 Å². The van der Waals surface area contributed by atoms with Crippen molar-refractivity contribution in [3.05, 3.63) is 24.8 Å². The molecule has 4 heteroatoms. The van der Waals surface area contributed by atoms with E-state index in [9.17, 15) is 5.11 Å². The summed E-state index contributed by atoms with van der Waals surface area (Å²) in [5.41, 5.74) is -0.0954. The van der Waals surface area contributed by atoms with E-state index in [-0.39, 0.29) is 23.2 Å². The maximum absolute atomic E-state index is 10.3. The summed E-state index contributed by atoms with van der Waals surface area (Å²) < 4.78 is 6.38. The molecule has 6 atom stereocenters. The Labute approximate surface area is 146 Å². The fraction of sp³-hybridized carbons (Fsp3) is 0.800. The van der Waals surface area contributed by atoms with Crippen LogP contribution in [0.1, 0.15) is 66.2 Å². The molecular formula is C20H34O4. The fourth-order valence-electron chi connectivity index (χ4n) is 4.84. The Morgan fingerprint density at radius 3 is 2.71 bits per heavy atom. The van der Waals surface area contributed by atoms with Crippen molar-refractivity contribution < 1.29 is 20.0 Å². The lowest BCUT2D eigenvalue weighted by Gasteiger charge is -2.43. The van der Waals surface area contributed by atoms with Crippen LogP contribution in [-0.2, 0) is 9.62 Å². The van der Waals surface area contributed by atoms with Crippen molar-refractivity contribution in [3.8, 4) is 0 Å². The summed E-state index contributed by atoms with van der Waals surface area (Å²) in [5, 5.41) is 19.4. The van der Waals surface area contributed by atoms with Gasteiger partial charge in [0, 0.05) is 0 Å². The summed E-state index contributed by atoms with van der Waals surface area (Å²) in [6.45, 7) is 15.8. The van der Waals surface area contributed by atoms with Crippen molar-refractivity contribution in [2.45, 2.75) is 89.6 Å². The van der Waals surface area contributed by atoms with E-state index in [4.69, 9.17) is 9.99 Å². The van der Waals surface area contributed by atoms with Crippen LogP contribution < -0.4 is 0 Å². The molecular weight excluding hydrogens is 304 g/mol. The van der Waals surface area contributed by atoms with E-state index in [1.807, 2.05) is 13.8 Å². The molecule has 2 bridgehead atoms. The normalized spacial score (nSPS) is 38.8. The summed E-state index contributed by atoms with van der Waals surface area (Å²) in [7, 11) is 0. The molecule has 2 N–H and O–H groups in total. The second kappa shape index (κ2) is 6.91. The summed E-state index contributed by atoms with van der Waals surface area (Å²) in [5.74, 6) is 0.375. The molecule has 2 saturated heterocycles. The molecule has 6 unspecified atom stereocenters. The summed E-state index contributed by atoms with van der Waals surface area (Å²) in [6.07, 6.45) is 6.92. The molecule has 2 aliphatic rings. The third kappa shape index (κ3) is 3.62. The van der Waals surface area contributed by atoms with Gasteiger partial charge in [0.25, 0.3) is 0 Å². The third-order valence-electron chi connectivity index (χ3n) is 6.58. The minimum Gasteiger partial charge on any atom is -0.386 e. The van der Waals surface area contributed by atoms with Crippen LogP contribution in [0.4, 0.5) is 0 Å². The van der Waals surface area contributed by atoms with Crippen molar-refractivity contribution in [2.24, 2.45) is 11.3 Å². The summed E-state index contributed by atoms with van der Waals surface area (Å²) in [6, 6.07) is 0. The second-order valence-corrected chi connectivity index (χ2v) is 8.60. The molecule has 0 radical (unpaired) electrons. The van der Waals surface area contributed by atoms with E-state index >= 15 is 0 Å². The highest BCUT2D eigenvalue weighted by Gasteiger charge is 2.62. The van der Waals surface area contributed by atoms with E-state index in [1.165, 1.54) is 0 Å². The maximum atomic E-state index is 10.3. The molecule has 4 nitrogen and oxygen atoms in total. The van der Waals surface area contributed by atoms with Gasteiger partial charge in [-0.15, -0.1) is 6.58 Å². The first-order valence-electron chi connectivity index (χ1n) is 9.07. The van der Waals surface area contributed by atoms with Gasteiger partial charge in [-0.3, -0.25) is 5.26 Å². The Morgan fingerprint density at radius 2 is 2.17 bits per heavy atom. The highest BCUT2D eigenvalue weighted by Crippen LogP contribution is 2.61. The Bertz CT molecular complexity index is 486. The first kappa shape index (κ1) is 19.6. The van der Waals surface area contributed by atoms with Gasteiger partial charge >= 0.3 is 0 Å². The largest absolute Gasteiger partial charge is 0.386 e. The van der Waals surface area contributed by atoms with Crippen LogP contribution in [0.15, 0.2) is 24.8 Å². The topological polar surface area (TPSA) is 58.9 Å². The zero-order chi connectivity index (χ0) is 18.2. The predicted octanol–water partition coefficient (Wildman–Crippen LogP) is 4.49. The lowest BCUT2D eigenvalue weighted by Crippen LogP contribution is -2.43. The quantitative estimate of drug-likeness (QED) is 0.369. The molecule has 2 rings (SSSR count). The van der Waals surface area contributed by atoms with Crippen LogP contribution in [-0.4, -0.2) is 33.8 Å². The molecule has 0 aromatic carbocycles. The van der Waals surface area contributed by atoms with Gasteiger partial charge in [0.05, 0.1) is 17.3 Å². The van der Waals surface area contributed by atoms with Gasteiger partial charge in [0.15, 0.2) is 0 Å². The number of aliphatic hydroxyl groups is 1. The zero-order valence-electron chi connectivity index (χ0n) is 15.7. The Balaban J connectivity index is 2.12. The average Bonchev–Trinajstić information content (AvgIpc) is 2.99. The van der Waals surface area contributed by atoms with Gasteiger partial charge < -0.3 is 9.84 Å². The van der Waals surface area contributed by atoms with E-state index in [0.29, 0.717) is 12.3 Å². The van der Waals surface area contributed by atoms with E-state index in [0.717, 1.165) is 37.7 Å². The fourth-order valence-corrected chi connectivity index (χ4v) is 4.84. The van der Waals surface area contributed by atoms with E-state index in [1.54, 1.807) is 6.08 Å². The standard InChI is InChI=1S/C20H34O4/c1-7-18(4,21)11-9-16-19(5,12-8-15(24-22)14(2)3)17-10-13-20(16,6)23-17/h7,15-17,21-22H,1-2,8-13H2,3-6H3. The number of fused-ring (bicyclic) bond motifs is 2. The number of hydrogen-bond donors (Lipinski definition) is 2. The summed E-state index contributed by atoms with van der Waals surface area (Å²) in [4.78, 5) is 4.60. The minimum absolute atomic E-state index is 0.0243. The molecule has 0 saturated carbocycles. The van der Waals surface area contributed by atoms with Crippen LogP contribution in [0, 0.1) is 11.3 Å². The Morgan fingerprint density at radius 1 is 1.50 bits per heavy atom. The molecule has 2 aliphatic heterocycles. The SMILES string of the molecule is C=CC(C)(O)CCC1C2(C)CCC(O2)C1(C)CCC(OO)C(=C)C. The molecule has 138 valence electrons. The Kier molecular flexibility index (Phi) is 5.65. The van der Waals surface area contributed by atoms with Crippen LogP contribution in [0.25, 0.3) is 0 Å². The molecule has 0 spiro atoms. The van der Waals surface area contributed by atoms with Gasteiger partial charge in [0.1, 0.15) is 6.10 Å². The highest BCUT2D eigenvalue weighted by atomic mass is 17.1. The predicted molar refractivity (Wildman–Crippen MR) is 95.7 cm³/mol. The van der Waals surface area contributed by atoms with Crippen molar-refractivity contribution in [1.29, 1.82) is 0 Å². The smallest absolute Gasteiger partial charge is 0.113 e. The van der Waals surface area contributed by atoms with E-state index < -0.39 is 5.60 Å². The third-order valence-corrected chi connectivity index (χ3v) is 6.58. The van der Waals surface area contributed by atoms with Gasteiger partial charge in [-0.1, -0.05) is 19.6 Å². The van der Waals surface area contributed by atoms with Crippen LogP contribution in [0.2, 0.25) is 0 Å². The van der Waals surface area contributed by atoms with Gasteiger partial charge in [-0.25, -0.2) is 4.89 Å². The van der Waals surface area contributed by atoms with Gasteiger partial charge in [-0.05, 0) is 76.2 Å². The van der Waals surface area contributed by atoms with Crippen molar-refractivity contribution in [3.63, 3.8) is 0 Å². The molecule has 2 fully saturated rings. The van der Waals surface area contributed by atoms with Crippen LogP contribution in [0.3, 0.4) is 0 Å². The average molecular weight is 338 g/mol. The molecule has 0 amide bonds. The highest BCUT2D eigenvalue weighted by molar-refractivity contribution is 5.12. The molecule has 0 aromatic rings. The second-order valence-electron chi connectivity index (χ2n) is 8.60. The lowest BCUT2D eigenvalue weighted by molar-refractivity contribution is -0.270. The van der Waals surface area contributed by atoms with Crippen LogP contribution in [0.5, 0.6) is 0 Å². The minimum atomic E-state index is -0.840. The summed E-state index contributed by atoms with van der Waals surface area (Å²) >= 11 is 0. The molecule has 24 heavy (non-hydrogen) atoms. The van der Waals surface area contributed by atoms with Crippen molar-refractivity contribution in [1.82, 2.24) is 0 Å². The number of hydrogen-bond acceptors (Lipinski definition) is 4.